The number of carbonyl (C=O) groups is 1. The summed E-state index contributed by atoms with van der Waals surface area (Å²) in [7, 11) is 1.28. The molecule has 0 heterocycles. The summed E-state index contributed by atoms with van der Waals surface area (Å²) in [6.45, 7) is -0.178. The molecule has 0 fully saturated rings. The van der Waals surface area contributed by atoms with Gasteiger partial charge in [-0.25, -0.2) is 4.79 Å². The molecular weight excluding hydrogens is 260 g/mol. The number of aliphatic hydroxyl groups is 2. The van der Waals surface area contributed by atoms with Gasteiger partial charge in [0, 0.05) is 0 Å². The van der Waals surface area contributed by atoms with Gasteiger partial charge in [0.25, 0.3) is 0 Å². The fourth-order valence-electron chi connectivity index (χ4n) is 1.27. The summed E-state index contributed by atoms with van der Waals surface area (Å²) >= 11 is 5.44. The number of carbonyl (C=O) groups excluding carboxylic acids is 1. The van der Waals surface area contributed by atoms with Gasteiger partial charge in [0.15, 0.2) is 6.61 Å². The van der Waals surface area contributed by atoms with E-state index in [-0.39, 0.29) is 12.5 Å². The smallest absolute Gasteiger partial charge is 0.343 e. The minimum absolute atomic E-state index is 0.0538. The molecule has 2 N–H and O–H groups in total. The lowest BCUT2D eigenvalue weighted by Crippen LogP contribution is -2.19. The van der Waals surface area contributed by atoms with Crippen molar-refractivity contribution >= 4 is 17.6 Å². The van der Waals surface area contributed by atoms with Gasteiger partial charge in [-0.05, 0) is 17.7 Å². The molecule has 0 amide bonds. The van der Waals surface area contributed by atoms with Crippen molar-refractivity contribution in [2.75, 3.05) is 19.6 Å². The number of hydrogen-bond donors (Lipinski definition) is 2. The molecule has 0 radical (unpaired) electrons. The Bertz CT molecular complexity index is 379. The molecule has 0 saturated heterocycles. The predicted octanol–water partition coefficient (Wildman–Crippen LogP) is 0.871. The fourth-order valence-corrected chi connectivity index (χ4v) is 1.44. The first-order chi connectivity index (χ1) is 8.58. The van der Waals surface area contributed by atoms with Crippen LogP contribution in [0.2, 0.25) is 0 Å². The molecule has 0 aliphatic rings. The molecule has 0 aromatic heterocycles. The predicted molar refractivity (Wildman–Crippen MR) is 65.6 cm³/mol. The van der Waals surface area contributed by atoms with Crippen LogP contribution in [0.25, 0.3) is 0 Å². The Morgan fingerprint density at radius 1 is 1.33 bits per heavy atom. The van der Waals surface area contributed by atoms with Crippen LogP contribution >= 0.6 is 11.6 Å². The molecule has 0 bridgehead atoms. The number of ether oxygens (including phenoxy) is 2. The average molecular weight is 275 g/mol. The van der Waals surface area contributed by atoms with E-state index in [0.29, 0.717) is 11.3 Å². The first-order valence-electron chi connectivity index (χ1n) is 5.30. The third-order valence-corrected chi connectivity index (χ3v) is 2.64. The van der Waals surface area contributed by atoms with Gasteiger partial charge in [0.05, 0.1) is 19.1 Å². The molecule has 2 atom stereocenters. The molecule has 2 unspecified atom stereocenters. The van der Waals surface area contributed by atoms with Gasteiger partial charge >= 0.3 is 5.97 Å². The highest BCUT2D eigenvalue weighted by atomic mass is 35.5. The molecule has 0 saturated carbocycles. The van der Waals surface area contributed by atoms with E-state index in [0.717, 1.165) is 0 Å². The average Bonchev–Trinajstić information content (AvgIpc) is 2.43. The van der Waals surface area contributed by atoms with Crippen LogP contribution < -0.4 is 4.74 Å². The normalized spacial score (nSPS) is 13.8. The van der Waals surface area contributed by atoms with Crippen LogP contribution in [0, 0.1) is 0 Å². The summed E-state index contributed by atoms with van der Waals surface area (Å²) in [5.41, 5.74) is 0.522. The third kappa shape index (κ3) is 4.18. The molecule has 0 spiro atoms. The van der Waals surface area contributed by atoms with Gasteiger partial charge in [-0.3, -0.25) is 0 Å². The number of rotatable bonds is 6. The molecule has 1 rings (SSSR count). The Morgan fingerprint density at radius 2 is 1.94 bits per heavy atom. The molecule has 1 aromatic carbocycles. The van der Waals surface area contributed by atoms with E-state index >= 15 is 0 Å². The van der Waals surface area contributed by atoms with E-state index in [2.05, 4.69) is 4.74 Å². The number of benzene rings is 1. The van der Waals surface area contributed by atoms with E-state index in [1.807, 2.05) is 0 Å². The zero-order valence-electron chi connectivity index (χ0n) is 9.88. The van der Waals surface area contributed by atoms with E-state index in [1.54, 1.807) is 24.3 Å². The van der Waals surface area contributed by atoms with Crippen LogP contribution in [-0.4, -0.2) is 41.9 Å². The SMILES string of the molecule is COC(=O)COc1ccc(C(O)C(O)CCl)cc1. The summed E-state index contributed by atoms with van der Waals surface area (Å²) in [6.07, 6.45) is -2.06. The van der Waals surface area contributed by atoms with Gasteiger partial charge in [0.2, 0.25) is 0 Å². The van der Waals surface area contributed by atoms with Crippen molar-refractivity contribution in [3.05, 3.63) is 29.8 Å². The highest BCUT2D eigenvalue weighted by molar-refractivity contribution is 6.18. The lowest BCUT2D eigenvalue weighted by atomic mass is 10.1. The molecule has 6 heteroatoms. The fraction of sp³-hybridized carbons (Fsp3) is 0.417. The van der Waals surface area contributed by atoms with Crippen LogP contribution in [0.1, 0.15) is 11.7 Å². The van der Waals surface area contributed by atoms with Gasteiger partial charge in [-0.1, -0.05) is 12.1 Å². The number of esters is 1. The quantitative estimate of drug-likeness (QED) is 0.595. The first-order valence-corrected chi connectivity index (χ1v) is 5.83. The van der Waals surface area contributed by atoms with Gasteiger partial charge < -0.3 is 19.7 Å². The summed E-state index contributed by atoms with van der Waals surface area (Å²) in [4.78, 5) is 10.9. The second-order valence-electron chi connectivity index (χ2n) is 3.60. The minimum Gasteiger partial charge on any atom is -0.482 e. The molecule has 5 nitrogen and oxygen atoms in total. The second kappa shape index (κ2) is 7.20. The lowest BCUT2D eigenvalue weighted by Gasteiger charge is -2.16. The summed E-state index contributed by atoms with van der Waals surface area (Å²) < 4.78 is 9.56. The Hall–Kier alpha value is -1.30. The van der Waals surface area contributed by atoms with Crippen molar-refractivity contribution in [2.45, 2.75) is 12.2 Å². The maximum absolute atomic E-state index is 10.9. The Balaban J connectivity index is 2.59. The monoisotopic (exact) mass is 274 g/mol. The third-order valence-electron chi connectivity index (χ3n) is 2.33. The van der Waals surface area contributed by atoms with Crippen LogP contribution in [0.3, 0.4) is 0 Å². The highest BCUT2D eigenvalue weighted by Gasteiger charge is 2.17. The van der Waals surface area contributed by atoms with E-state index < -0.39 is 18.2 Å². The minimum atomic E-state index is -1.04. The van der Waals surface area contributed by atoms with Crippen molar-refractivity contribution in [1.29, 1.82) is 0 Å². The molecule has 100 valence electrons. The van der Waals surface area contributed by atoms with Crippen LogP contribution in [-0.2, 0) is 9.53 Å². The number of methoxy groups -OCH3 is 1. The van der Waals surface area contributed by atoms with E-state index in [9.17, 15) is 15.0 Å². The summed E-state index contributed by atoms with van der Waals surface area (Å²) in [5.74, 6) is -0.0599. The largest absolute Gasteiger partial charge is 0.482 e. The van der Waals surface area contributed by atoms with Crippen molar-refractivity contribution < 1.29 is 24.5 Å². The maximum Gasteiger partial charge on any atom is 0.343 e. The second-order valence-corrected chi connectivity index (χ2v) is 3.91. The van der Waals surface area contributed by atoms with E-state index in [1.165, 1.54) is 7.11 Å². The van der Waals surface area contributed by atoms with Gasteiger partial charge in [-0.2, -0.15) is 0 Å². The standard InChI is InChI=1S/C12H15ClO5/c1-17-11(15)7-18-9-4-2-8(3-5-9)12(16)10(14)6-13/h2-5,10,12,14,16H,6-7H2,1H3. The first kappa shape index (κ1) is 14.8. The van der Waals surface area contributed by atoms with E-state index in [4.69, 9.17) is 16.3 Å². The number of hydrogen-bond acceptors (Lipinski definition) is 5. The van der Waals surface area contributed by atoms with Gasteiger partial charge in [-0.15, -0.1) is 11.6 Å². The van der Waals surface area contributed by atoms with Crippen molar-refractivity contribution in [2.24, 2.45) is 0 Å². The molecule has 0 aliphatic carbocycles. The van der Waals surface area contributed by atoms with Crippen molar-refractivity contribution in [3.8, 4) is 5.75 Å². The van der Waals surface area contributed by atoms with Crippen LogP contribution in [0.5, 0.6) is 5.75 Å². The molecule has 0 aliphatic heterocycles. The Morgan fingerprint density at radius 3 is 2.44 bits per heavy atom. The molecular formula is C12H15ClO5. The summed E-state index contributed by atoms with van der Waals surface area (Å²) in [6, 6.07) is 6.35. The Kier molecular flexibility index (Phi) is 5.91. The van der Waals surface area contributed by atoms with Gasteiger partial charge in [0.1, 0.15) is 11.9 Å². The number of aliphatic hydroxyl groups excluding tert-OH is 2. The number of halogens is 1. The van der Waals surface area contributed by atoms with Crippen molar-refractivity contribution in [1.82, 2.24) is 0 Å². The zero-order chi connectivity index (χ0) is 13.5. The maximum atomic E-state index is 10.9. The molecule has 1 aromatic rings. The topological polar surface area (TPSA) is 76.0 Å². The highest BCUT2D eigenvalue weighted by Crippen LogP contribution is 2.21. The zero-order valence-corrected chi connectivity index (χ0v) is 10.6. The molecule has 18 heavy (non-hydrogen) atoms. The summed E-state index contributed by atoms with van der Waals surface area (Å²) in [5, 5.41) is 19.1. The lowest BCUT2D eigenvalue weighted by molar-refractivity contribution is -0.142. The van der Waals surface area contributed by atoms with Crippen molar-refractivity contribution in [3.63, 3.8) is 0 Å². The van der Waals surface area contributed by atoms with Crippen LogP contribution in [0.4, 0.5) is 0 Å². The number of alkyl halides is 1. The van der Waals surface area contributed by atoms with Crippen LogP contribution in [0.15, 0.2) is 24.3 Å². The Labute approximate surface area is 110 Å².